The molecule has 0 saturated carbocycles. The lowest BCUT2D eigenvalue weighted by Crippen LogP contribution is -2.02. The molecule has 0 spiro atoms. The van der Waals surface area contributed by atoms with Gasteiger partial charge in [-0.1, -0.05) is 18.2 Å². The Morgan fingerprint density at radius 1 is 1.10 bits per heavy atom. The summed E-state index contributed by atoms with van der Waals surface area (Å²) in [7, 11) is 0. The molecule has 0 aliphatic carbocycles. The molecule has 3 rings (SSSR count). The molecule has 0 unspecified atom stereocenters. The highest BCUT2D eigenvalue weighted by Crippen LogP contribution is 2.21. The zero-order valence-corrected chi connectivity index (χ0v) is 13.2. The van der Waals surface area contributed by atoms with Gasteiger partial charge in [0.2, 0.25) is 0 Å². The molecule has 0 amide bonds. The third-order valence-corrected chi connectivity index (χ3v) is 4.33. The molecule has 108 valence electrons. The minimum atomic E-state index is 0.742. The van der Waals surface area contributed by atoms with Crippen LogP contribution in [0.25, 0.3) is 10.9 Å². The number of fused-ring (bicyclic) bond motifs is 1. The summed E-state index contributed by atoms with van der Waals surface area (Å²) in [6.45, 7) is 3.76. The molecule has 3 nitrogen and oxygen atoms in total. The molecular formula is C17H19N3S. The van der Waals surface area contributed by atoms with Gasteiger partial charge in [0, 0.05) is 22.5 Å². The third-order valence-electron chi connectivity index (χ3n) is 3.58. The number of aryl methyl sites for hydroxylation is 1. The maximum absolute atomic E-state index is 4.71. The van der Waals surface area contributed by atoms with Gasteiger partial charge in [0.05, 0.1) is 17.8 Å². The van der Waals surface area contributed by atoms with E-state index < -0.39 is 0 Å². The Morgan fingerprint density at radius 3 is 2.57 bits per heavy atom. The van der Waals surface area contributed by atoms with Crippen molar-refractivity contribution in [1.82, 2.24) is 9.78 Å². The van der Waals surface area contributed by atoms with Crippen LogP contribution in [0.5, 0.6) is 0 Å². The number of hydrogen-bond donors (Lipinski definition) is 1. The molecule has 0 saturated heterocycles. The van der Waals surface area contributed by atoms with Gasteiger partial charge >= 0.3 is 0 Å². The second-order valence-corrected chi connectivity index (χ2v) is 5.74. The lowest BCUT2D eigenvalue weighted by atomic mass is 10.2. The zero-order chi connectivity index (χ0) is 14.7. The molecular weight excluding hydrogens is 278 g/mol. The Balaban J connectivity index is 1.81. The average Bonchev–Trinajstić information content (AvgIpc) is 2.91. The Kier molecular flexibility index (Phi) is 4.15. The summed E-state index contributed by atoms with van der Waals surface area (Å²) in [5, 5.41) is 9.39. The minimum Gasteiger partial charge on any atom is -0.379 e. The van der Waals surface area contributed by atoms with Crippen LogP contribution in [0.1, 0.15) is 12.6 Å². The molecule has 2 aromatic carbocycles. The molecule has 0 aliphatic rings. The number of nitrogens with one attached hydrogen (secondary N) is 1. The van der Waals surface area contributed by atoms with E-state index in [0.717, 1.165) is 24.5 Å². The van der Waals surface area contributed by atoms with E-state index in [0.29, 0.717) is 0 Å². The summed E-state index contributed by atoms with van der Waals surface area (Å²) in [6, 6.07) is 16.9. The highest BCUT2D eigenvalue weighted by Gasteiger charge is 2.08. The first-order valence-electron chi connectivity index (χ1n) is 7.14. The smallest absolute Gasteiger partial charge is 0.0894 e. The minimum absolute atomic E-state index is 0.742. The number of aromatic nitrogens is 2. The van der Waals surface area contributed by atoms with Gasteiger partial charge in [-0.05, 0) is 43.5 Å². The third kappa shape index (κ3) is 2.90. The quantitative estimate of drug-likeness (QED) is 0.708. The van der Waals surface area contributed by atoms with Gasteiger partial charge in [-0.25, -0.2) is 0 Å². The van der Waals surface area contributed by atoms with Gasteiger partial charge in [0.1, 0.15) is 0 Å². The van der Waals surface area contributed by atoms with Crippen molar-refractivity contribution in [2.24, 2.45) is 0 Å². The van der Waals surface area contributed by atoms with Crippen LogP contribution in [0, 0.1) is 0 Å². The van der Waals surface area contributed by atoms with E-state index in [1.165, 1.54) is 15.8 Å². The molecule has 3 aromatic rings. The average molecular weight is 297 g/mol. The number of para-hydroxylation sites is 1. The first-order valence-corrected chi connectivity index (χ1v) is 8.36. The second kappa shape index (κ2) is 6.22. The highest BCUT2D eigenvalue weighted by atomic mass is 32.2. The Hall–Kier alpha value is -1.94. The van der Waals surface area contributed by atoms with Crippen LogP contribution in [-0.4, -0.2) is 16.0 Å². The van der Waals surface area contributed by atoms with Crippen molar-refractivity contribution >= 4 is 28.4 Å². The summed E-state index contributed by atoms with van der Waals surface area (Å²) in [5.41, 5.74) is 3.43. The lowest BCUT2D eigenvalue weighted by Gasteiger charge is -2.05. The second-order valence-electron chi connectivity index (χ2n) is 4.86. The summed E-state index contributed by atoms with van der Waals surface area (Å²) < 4.78 is 2.06. The molecule has 0 atom stereocenters. The van der Waals surface area contributed by atoms with Crippen LogP contribution >= 0.6 is 11.8 Å². The fourth-order valence-corrected chi connectivity index (χ4v) is 2.87. The van der Waals surface area contributed by atoms with Crippen LogP contribution in [0.3, 0.4) is 0 Å². The van der Waals surface area contributed by atoms with Gasteiger partial charge in [0.15, 0.2) is 0 Å². The van der Waals surface area contributed by atoms with E-state index in [2.05, 4.69) is 71.7 Å². The van der Waals surface area contributed by atoms with Crippen molar-refractivity contribution in [1.29, 1.82) is 0 Å². The van der Waals surface area contributed by atoms with E-state index in [-0.39, 0.29) is 0 Å². The largest absolute Gasteiger partial charge is 0.379 e. The van der Waals surface area contributed by atoms with Gasteiger partial charge in [-0.2, -0.15) is 5.10 Å². The van der Waals surface area contributed by atoms with Crippen LogP contribution in [0.4, 0.5) is 5.69 Å². The predicted molar refractivity (Wildman–Crippen MR) is 91.0 cm³/mol. The Morgan fingerprint density at radius 2 is 1.86 bits per heavy atom. The van der Waals surface area contributed by atoms with E-state index >= 15 is 0 Å². The van der Waals surface area contributed by atoms with Crippen LogP contribution in [-0.2, 0) is 13.1 Å². The fourth-order valence-electron chi connectivity index (χ4n) is 2.46. The van der Waals surface area contributed by atoms with Gasteiger partial charge < -0.3 is 5.32 Å². The van der Waals surface area contributed by atoms with Crippen LogP contribution in [0.2, 0.25) is 0 Å². The highest BCUT2D eigenvalue weighted by molar-refractivity contribution is 7.98. The Bertz CT molecular complexity index is 731. The van der Waals surface area contributed by atoms with Crippen molar-refractivity contribution in [2.75, 3.05) is 11.6 Å². The maximum Gasteiger partial charge on any atom is 0.0894 e. The molecule has 0 fully saturated rings. The molecule has 4 heteroatoms. The van der Waals surface area contributed by atoms with Gasteiger partial charge in [-0.15, -0.1) is 11.8 Å². The monoisotopic (exact) mass is 297 g/mol. The molecule has 1 heterocycles. The van der Waals surface area contributed by atoms with Crippen molar-refractivity contribution in [3.8, 4) is 0 Å². The molecule has 1 aromatic heterocycles. The first-order chi connectivity index (χ1) is 10.3. The lowest BCUT2D eigenvalue weighted by molar-refractivity contribution is 0.671. The molecule has 0 bridgehead atoms. The van der Waals surface area contributed by atoms with Crippen molar-refractivity contribution < 1.29 is 0 Å². The van der Waals surface area contributed by atoms with Crippen molar-refractivity contribution in [3.05, 3.63) is 54.2 Å². The number of hydrogen-bond acceptors (Lipinski definition) is 3. The predicted octanol–water partition coefficient (Wildman–Crippen LogP) is 4.39. The van der Waals surface area contributed by atoms with E-state index in [4.69, 9.17) is 5.10 Å². The molecule has 0 radical (unpaired) electrons. The number of rotatable bonds is 5. The van der Waals surface area contributed by atoms with Crippen LogP contribution in [0.15, 0.2) is 53.4 Å². The zero-order valence-electron chi connectivity index (χ0n) is 12.3. The number of anilines is 1. The van der Waals surface area contributed by atoms with Crippen LogP contribution < -0.4 is 5.32 Å². The van der Waals surface area contributed by atoms with E-state index in [9.17, 15) is 0 Å². The topological polar surface area (TPSA) is 29.9 Å². The van der Waals surface area contributed by atoms with E-state index in [1.54, 1.807) is 11.8 Å². The molecule has 21 heavy (non-hydrogen) atoms. The van der Waals surface area contributed by atoms with Crippen molar-refractivity contribution in [2.45, 2.75) is 24.9 Å². The number of thioether (sulfide) groups is 1. The number of benzene rings is 2. The number of nitrogens with zero attached hydrogens (tertiary/aromatic N) is 2. The normalized spacial score (nSPS) is 11.0. The summed E-state index contributed by atoms with van der Waals surface area (Å²) in [5.74, 6) is 0. The summed E-state index contributed by atoms with van der Waals surface area (Å²) >= 11 is 1.76. The molecule has 0 aliphatic heterocycles. The fraction of sp³-hybridized carbons (Fsp3) is 0.235. The summed E-state index contributed by atoms with van der Waals surface area (Å²) in [6.07, 6.45) is 2.09. The van der Waals surface area contributed by atoms with Crippen molar-refractivity contribution in [3.63, 3.8) is 0 Å². The van der Waals surface area contributed by atoms with Gasteiger partial charge in [-0.3, -0.25) is 4.68 Å². The summed E-state index contributed by atoms with van der Waals surface area (Å²) in [4.78, 5) is 1.28. The first kappa shape index (κ1) is 14.0. The van der Waals surface area contributed by atoms with Gasteiger partial charge in [0.25, 0.3) is 0 Å². The Labute approximate surface area is 129 Å². The standard InChI is InChI=1S/C17H19N3S/c1-3-20-17-7-5-4-6-15(17)16(19-20)12-18-13-8-10-14(21-2)11-9-13/h4-11,18H,3,12H2,1-2H3. The molecule has 1 N–H and O–H groups in total. The maximum atomic E-state index is 4.71. The SMILES string of the molecule is CCn1nc(CNc2ccc(SC)cc2)c2ccccc21. The van der Waals surface area contributed by atoms with E-state index in [1.807, 2.05) is 0 Å².